The molecule has 0 unspecified atom stereocenters. The lowest BCUT2D eigenvalue weighted by molar-refractivity contribution is -0.114. The van der Waals surface area contributed by atoms with Gasteiger partial charge in [-0.1, -0.05) is 17.7 Å². The highest BCUT2D eigenvalue weighted by Gasteiger charge is 2.37. The fourth-order valence-electron chi connectivity index (χ4n) is 1.53. The average Bonchev–Trinajstić information content (AvgIpc) is 2.45. The first-order chi connectivity index (χ1) is 7.16. The van der Waals surface area contributed by atoms with E-state index in [1.54, 1.807) is 18.2 Å². The number of Topliss-reactive ketones (excluding diaryl/α,β-unsaturated/α-hetero) is 1. The molecule has 0 atom stereocenters. The number of ketones is 1. The molecule has 0 fully saturated rings. The highest BCUT2D eigenvalue weighted by atomic mass is 35.5. The van der Waals surface area contributed by atoms with Gasteiger partial charge in [0.05, 0.1) is 22.3 Å². The Labute approximate surface area is 90.7 Å². The van der Waals surface area contributed by atoms with E-state index in [9.17, 15) is 9.59 Å². The number of anilines is 1. The van der Waals surface area contributed by atoms with Gasteiger partial charge in [0.1, 0.15) is 6.54 Å². The van der Waals surface area contributed by atoms with Crippen molar-refractivity contribution < 1.29 is 9.59 Å². The van der Waals surface area contributed by atoms with Crippen LogP contribution in [-0.2, 0) is 4.79 Å². The van der Waals surface area contributed by atoms with E-state index < -0.39 is 11.7 Å². The minimum Gasteiger partial charge on any atom is -0.291 e. The lowest BCUT2D eigenvalue weighted by Crippen LogP contribution is -2.29. The van der Waals surface area contributed by atoms with Gasteiger partial charge in [-0.2, -0.15) is 5.26 Å². The zero-order valence-electron chi connectivity index (χ0n) is 7.53. The molecule has 0 bridgehead atoms. The van der Waals surface area contributed by atoms with Crippen LogP contribution in [0.4, 0.5) is 5.69 Å². The van der Waals surface area contributed by atoms with Gasteiger partial charge < -0.3 is 0 Å². The van der Waals surface area contributed by atoms with E-state index >= 15 is 0 Å². The maximum absolute atomic E-state index is 11.5. The third-order valence-corrected chi connectivity index (χ3v) is 2.49. The van der Waals surface area contributed by atoms with E-state index in [1.165, 1.54) is 0 Å². The van der Waals surface area contributed by atoms with Crippen LogP contribution in [0.5, 0.6) is 0 Å². The predicted molar refractivity (Wildman–Crippen MR) is 53.7 cm³/mol. The molecular weight excluding hydrogens is 216 g/mol. The van der Waals surface area contributed by atoms with Gasteiger partial charge in [0.25, 0.3) is 11.7 Å². The molecule has 1 amide bonds. The number of halogens is 1. The molecule has 0 saturated heterocycles. The standard InChI is InChI=1S/C10H5ClN2O2/c11-6-2-1-3-7-8(6)9(14)10(15)13(7)5-4-12/h1-3H,5H2. The summed E-state index contributed by atoms with van der Waals surface area (Å²) < 4.78 is 0. The van der Waals surface area contributed by atoms with Crippen molar-refractivity contribution in [3.63, 3.8) is 0 Å². The Morgan fingerprint density at radius 2 is 2.13 bits per heavy atom. The van der Waals surface area contributed by atoms with Gasteiger partial charge in [-0.25, -0.2) is 0 Å². The summed E-state index contributed by atoms with van der Waals surface area (Å²) in [5, 5.41) is 8.78. The molecule has 1 heterocycles. The Morgan fingerprint density at radius 1 is 1.40 bits per heavy atom. The lowest BCUT2D eigenvalue weighted by atomic mass is 10.1. The van der Waals surface area contributed by atoms with Crippen molar-refractivity contribution in [2.75, 3.05) is 11.4 Å². The van der Waals surface area contributed by atoms with Crippen molar-refractivity contribution in [3.05, 3.63) is 28.8 Å². The first-order valence-corrected chi connectivity index (χ1v) is 4.56. The van der Waals surface area contributed by atoms with Crippen molar-refractivity contribution in [2.24, 2.45) is 0 Å². The van der Waals surface area contributed by atoms with Crippen molar-refractivity contribution in [1.82, 2.24) is 0 Å². The van der Waals surface area contributed by atoms with Gasteiger partial charge in [0, 0.05) is 0 Å². The van der Waals surface area contributed by atoms with E-state index in [1.807, 2.05) is 6.07 Å². The van der Waals surface area contributed by atoms with Crippen LogP contribution in [0.2, 0.25) is 5.02 Å². The first kappa shape index (κ1) is 9.69. The second-order valence-electron chi connectivity index (χ2n) is 3.01. The molecule has 74 valence electrons. The number of rotatable bonds is 1. The van der Waals surface area contributed by atoms with Gasteiger partial charge in [-0.05, 0) is 12.1 Å². The van der Waals surface area contributed by atoms with Gasteiger partial charge >= 0.3 is 0 Å². The zero-order chi connectivity index (χ0) is 11.0. The SMILES string of the molecule is N#CCN1C(=O)C(=O)c2c(Cl)cccc21. The predicted octanol–water partition coefficient (Wildman–Crippen LogP) is 1.39. The average molecular weight is 221 g/mol. The van der Waals surface area contributed by atoms with E-state index in [0.29, 0.717) is 5.69 Å². The van der Waals surface area contributed by atoms with Crippen molar-refractivity contribution >= 4 is 29.0 Å². The number of nitrogens with zero attached hydrogens (tertiary/aromatic N) is 2. The summed E-state index contributed by atoms with van der Waals surface area (Å²) in [6, 6.07) is 6.61. The molecule has 0 N–H and O–H groups in total. The Morgan fingerprint density at radius 3 is 2.80 bits per heavy atom. The van der Waals surface area contributed by atoms with E-state index in [-0.39, 0.29) is 17.1 Å². The van der Waals surface area contributed by atoms with Crippen LogP contribution < -0.4 is 4.90 Å². The molecule has 0 spiro atoms. The van der Waals surface area contributed by atoms with E-state index in [0.717, 1.165) is 4.90 Å². The smallest absolute Gasteiger partial charge is 0.291 e. The highest BCUT2D eigenvalue weighted by Crippen LogP contribution is 2.33. The van der Waals surface area contributed by atoms with Crippen LogP contribution in [0.1, 0.15) is 10.4 Å². The number of benzene rings is 1. The summed E-state index contributed by atoms with van der Waals surface area (Å²) in [4.78, 5) is 24.1. The molecule has 0 aliphatic carbocycles. The number of hydrogen-bond donors (Lipinski definition) is 0. The number of amides is 1. The number of nitriles is 1. The fourth-order valence-corrected chi connectivity index (χ4v) is 1.78. The zero-order valence-corrected chi connectivity index (χ0v) is 8.28. The van der Waals surface area contributed by atoms with Crippen molar-refractivity contribution in [1.29, 1.82) is 5.26 Å². The van der Waals surface area contributed by atoms with Crippen LogP contribution >= 0.6 is 11.6 Å². The quantitative estimate of drug-likeness (QED) is 0.531. The molecule has 2 rings (SSSR count). The van der Waals surface area contributed by atoms with Crippen LogP contribution in [0, 0.1) is 11.3 Å². The molecule has 1 aliphatic heterocycles. The van der Waals surface area contributed by atoms with Gasteiger partial charge in [-0.15, -0.1) is 0 Å². The number of carbonyl (C=O) groups is 2. The Bertz CT molecular complexity index is 505. The van der Waals surface area contributed by atoms with Gasteiger partial charge in [0.15, 0.2) is 0 Å². The Hall–Kier alpha value is -1.86. The molecule has 1 aromatic carbocycles. The van der Waals surface area contributed by atoms with Crippen LogP contribution in [0.3, 0.4) is 0 Å². The lowest BCUT2D eigenvalue weighted by Gasteiger charge is -2.11. The summed E-state index contributed by atoms with van der Waals surface area (Å²) in [5.41, 5.74) is 0.610. The Kier molecular flexibility index (Phi) is 2.18. The molecule has 1 aliphatic rings. The minimum atomic E-state index is -0.695. The van der Waals surface area contributed by atoms with E-state index in [4.69, 9.17) is 16.9 Å². The van der Waals surface area contributed by atoms with Gasteiger partial charge in [-0.3, -0.25) is 14.5 Å². The highest BCUT2D eigenvalue weighted by molar-refractivity contribution is 6.55. The van der Waals surface area contributed by atoms with Crippen molar-refractivity contribution in [2.45, 2.75) is 0 Å². The second kappa shape index (κ2) is 3.37. The second-order valence-corrected chi connectivity index (χ2v) is 3.42. The topological polar surface area (TPSA) is 61.2 Å². The molecular formula is C10H5ClN2O2. The van der Waals surface area contributed by atoms with Crippen molar-refractivity contribution in [3.8, 4) is 6.07 Å². The first-order valence-electron chi connectivity index (χ1n) is 4.18. The summed E-state index contributed by atoms with van der Waals surface area (Å²) >= 11 is 5.81. The molecule has 15 heavy (non-hydrogen) atoms. The number of hydrogen-bond acceptors (Lipinski definition) is 3. The van der Waals surface area contributed by atoms with Crippen LogP contribution in [0.15, 0.2) is 18.2 Å². The summed E-state index contributed by atoms with van der Waals surface area (Å²) in [6.45, 7) is -0.141. The molecule has 0 radical (unpaired) electrons. The minimum absolute atomic E-state index is 0.141. The summed E-state index contributed by atoms with van der Waals surface area (Å²) in [5.74, 6) is -1.34. The van der Waals surface area contributed by atoms with E-state index in [2.05, 4.69) is 0 Å². The fraction of sp³-hybridized carbons (Fsp3) is 0.100. The van der Waals surface area contributed by atoms with Crippen LogP contribution in [0.25, 0.3) is 0 Å². The summed E-state index contributed by atoms with van der Waals surface area (Å²) in [7, 11) is 0. The van der Waals surface area contributed by atoms with Gasteiger partial charge in [0.2, 0.25) is 0 Å². The normalized spacial score (nSPS) is 14.0. The molecule has 1 aromatic rings. The maximum atomic E-state index is 11.5. The largest absolute Gasteiger partial charge is 0.300 e. The maximum Gasteiger partial charge on any atom is 0.300 e. The summed E-state index contributed by atoms with van der Waals surface area (Å²) in [6.07, 6.45) is 0. The molecule has 4 nitrogen and oxygen atoms in total. The molecule has 5 heteroatoms. The Balaban J connectivity index is 2.61. The van der Waals surface area contributed by atoms with Crippen LogP contribution in [-0.4, -0.2) is 18.2 Å². The number of carbonyl (C=O) groups excluding carboxylic acids is 2. The molecule has 0 aromatic heterocycles. The third-order valence-electron chi connectivity index (χ3n) is 2.18. The number of fused-ring (bicyclic) bond motifs is 1. The monoisotopic (exact) mass is 220 g/mol. The molecule has 0 saturated carbocycles. The third kappa shape index (κ3) is 1.29.